The SMILES string of the molecule is COCCNC(=O)C1CN2CCC1CC2Cn1cc(-c2cccc(N)c2)nn1. The molecule has 8 nitrogen and oxygen atoms in total. The minimum absolute atomic E-state index is 0.0838. The zero-order chi connectivity index (χ0) is 19.5. The molecule has 3 aliphatic heterocycles. The fourth-order valence-electron chi connectivity index (χ4n) is 4.47. The average molecular weight is 384 g/mol. The number of benzene rings is 1. The maximum Gasteiger partial charge on any atom is 0.224 e. The molecule has 0 spiro atoms. The highest BCUT2D eigenvalue weighted by molar-refractivity contribution is 5.79. The first kappa shape index (κ1) is 18.9. The monoisotopic (exact) mass is 384 g/mol. The molecule has 1 aromatic heterocycles. The molecule has 2 aromatic rings. The summed E-state index contributed by atoms with van der Waals surface area (Å²) in [4.78, 5) is 14.9. The number of ether oxygens (including phenoxy) is 1. The van der Waals surface area contributed by atoms with Gasteiger partial charge in [-0.25, -0.2) is 0 Å². The zero-order valence-corrected chi connectivity index (χ0v) is 16.3. The summed E-state index contributed by atoms with van der Waals surface area (Å²) in [5.74, 6) is 0.685. The molecule has 4 heterocycles. The number of nitrogen functional groups attached to an aromatic ring is 1. The van der Waals surface area contributed by atoms with Gasteiger partial charge in [-0.2, -0.15) is 0 Å². The number of hydrogen-bond acceptors (Lipinski definition) is 6. The van der Waals surface area contributed by atoms with Crippen LogP contribution in [0.4, 0.5) is 5.69 Å². The number of carbonyl (C=O) groups excluding carboxylic acids is 1. The van der Waals surface area contributed by atoms with E-state index in [1.807, 2.05) is 35.1 Å². The van der Waals surface area contributed by atoms with E-state index in [-0.39, 0.29) is 11.8 Å². The maximum absolute atomic E-state index is 12.5. The van der Waals surface area contributed by atoms with Crippen LogP contribution >= 0.6 is 0 Å². The van der Waals surface area contributed by atoms with Crippen LogP contribution in [-0.2, 0) is 16.1 Å². The highest BCUT2D eigenvalue weighted by Crippen LogP contribution is 2.37. The standard InChI is InChI=1S/C20H28N6O2/c1-28-8-6-22-20(27)18-12-25-7-5-14(18)10-17(25)11-26-13-19(23-24-26)15-3-2-4-16(21)9-15/h2-4,9,13-14,17-18H,5-8,10-12,21H2,1H3,(H,22,27). The first-order chi connectivity index (χ1) is 13.6. The summed E-state index contributed by atoms with van der Waals surface area (Å²) in [5, 5.41) is 11.6. The predicted molar refractivity (Wildman–Crippen MR) is 106 cm³/mol. The van der Waals surface area contributed by atoms with Crippen molar-refractivity contribution >= 4 is 11.6 Å². The third kappa shape index (κ3) is 4.02. The molecule has 3 aliphatic rings. The molecule has 0 saturated carbocycles. The third-order valence-electron chi connectivity index (χ3n) is 5.94. The van der Waals surface area contributed by atoms with E-state index in [9.17, 15) is 4.79 Å². The van der Waals surface area contributed by atoms with Crippen LogP contribution < -0.4 is 11.1 Å². The van der Waals surface area contributed by atoms with E-state index in [0.717, 1.165) is 49.4 Å². The van der Waals surface area contributed by atoms with Crippen molar-refractivity contribution in [1.29, 1.82) is 0 Å². The van der Waals surface area contributed by atoms with Gasteiger partial charge >= 0.3 is 0 Å². The topological polar surface area (TPSA) is 98.3 Å². The van der Waals surface area contributed by atoms with Crippen molar-refractivity contribution in [3.63, 3.8) is 0 Å². The number of anilines is 1. The minimum atomic E-state index is 0.0838. The van der Waals surface area contributed by atoms with E-state index in [4.69, 9.17) is 10.5 Å². The highest BCUT2D eigenvalue weighted by Gasteiger charge is 2.43. The van der Waals surface area contributed by atoms with E-state index in [1.54, 1.807) is 7.11 Å². The molecule has 28 heavy (non-hydrogen) atoms. The largest absolute Gasteiger partial charge is 0.399 e. The number of rotatable bonds is 7. The molecule has 150 valence electrons. The molecule has 0 aliphatic carbocycles. The average Bonchev–Trinajstić information content (AvgIpc) is 3.17. The predicted octanol–water partition coefficient (Wildman–Crippen LogP) is 1.00. The fraction of sp³-hybridized carbons (Fsp3) is 0.550. The Bertz CT molecular complexity index is 823. The Labute approximate surface area is 165 Å². The van der Waals surface area contributed by atoms with Gasteiger partial charge in [0.25, 0.3) is 0 Å². The smallest absolute Gasteiger partial charge is 0.224 e. The number of nitrogens with one attached hydrogen (secondary N) is 1. The van der Waals surface area contributed by atoms with E-state index in [2.05, 4.69) is 20.5 Å². The van der Waals surface area contributed by atoms with Gasteiger partial charge in [-0.3, -0.25) is 14.4 Å². The summed E-state index contributed by atoms with van der Waals surface area (Å²) >= 11 is 0. The second kappa shape index (κ2) is 8.28. The number of carbonyl (C=O) groups is 1. The minimum Gasteiger partial charge on any atom is -0.399 e. The summed E-state index contributed by atoms with van der Waals surface area (Å²) in [6.07, 6.45) is 4.09. The molecule has 3 N–H and O–H groups in total. The number of nitrogens with zero attached hydrogens (tertiary/aromatic N) is 4. The lowest BCUT2D eigenvalue weighted by molar-refractivity contribution is -0.133. The lowest BCUT2D eigenvalue weighted by Gasteiger charge is -2.49. The number of hydrogen-bond donors (Lipinski definition) is 2. The number of methoxy groups -OCH3 is 1. The maximum atomic E-state index is 12.5. The van der Waals surface area contributed by atoms with Gasteiger partial charge in [-0.1, -0.05) is 17.3 Å². The van der Waals surface area contributed by atoms with Crippen LogP contribution in [0.3, 0.4) is 0 Å². The number of amides is 1. The van der Waals surface area contributed by atoms with Crippen LogP contribution in [0, 0.1) is 11.8 Å². The highest BCUT2D eigenvalue weighted by atomic mass is 16.5. The van der Waals surface area contributed by atoms with E-state index in [1.165, 1.54) is 0 Å². The van der Waals surface area contributed by atoms with Crippen LogP contribution in [0.25, 0.3) is 11.3 Å². The first-order valence-electron chi connectivity index (χ1n) is 9.91. The Hall–Kier alpha value is -2.45. The van der Waals surface area contributed by atoms with Gasteiger partial charge in [0.15, 0.2) is 0 Å². The van der Waals surface area contributed by atoms with Gasteiger partial charge in [0.1, 0.15) is 5.69 Å². The first-order valence-corrected chi connectivity index (χ1v) is 9.91. The molecule has 1 amide bonds. The Morgan fingerprint density at radius 1 is 1.43 bits per heavy atom. The molecule has 1 aromatic carbocycles. The molecule has 3 saturated heterocycles. The quantitative estimate of drug-likeness (QED) is 0.546. The molecule has 8 heteroatoms. The summed E-state index contributed by atoms with van der Waals surface area (Å²) in [6, 6.07) is 8.09. The van der Waals surface area contributed by atoms with E-state index >= 15 is 0 Å². The van der Waals surface area contributed by atoms with Gasteiger partial charge < -0.3 is 15.8 Å². The van der Waals surface area contributed by atoms with Crippen molar-refractivity contribution in [2.75, 3.05) is 39.1 Å². The van der Waals surface area contributed by atoms with Gasteiger partial charge in [0, 0.05) is 37.5 Å². The second-order valence-electron chi connectivity index (χ2n) is 7.77. The zero-order valence-electron chi connectivity index (χ0n) is 16.3. The fourth-order valence-corrected chi connectivity index (χ4v) is 4.47. The molecule has 4 atom stereocenters. The molecule has 2 bridgehead atoms. The molecular formula is C20H28N6O2. The van der Waals surface area contributed by atoms with Crippen LogP contribution in [0.2, 0.25) is 0 Å². The summed E-state index contributed by atoms with van der Waals surface area (Å²) < 4.78 is 6.93. The van der Waals surface area contributed by atoms with E-state index in [0.29, 0.717) is 25.1 Å². The number of fused-ring (bicyclic) bond motifs is 3. The van der Waals surface area contributed by atoms with Crippen molar-refractivity contribution in [3.8, 4) is 11.3 Å². The Kier molecular flexibility index (Phi) is 5.59. The second-order valence-corrected chi connectivity index (χ2v) is 7.77. The summed E-state index contributed by atoms with van der Waals surface area (Å²) in [7, 11) is 1.65. The van der Waals surface area contributed by atoms with Crippen molar-refractivity contribution in [2.45, 2.75) is 25.4 Å². The van der Waals surface area contributed by atoms with Crippen LogP contribution in [-0.4, -0.2) is 65.2 Å². The number of piperidine rings is 3. The Morgan fingerprint density at radius 3 is 3.07 bits per heavy atom. The van der Waals surface area contributed by atoms with Gasteiger partial charge in [-0.15, -0.1) is 5.10 Å². The molecular weight excluding hydrogens is 356 g/mol. The lowest BCUT2D eigenvalue weighted by atomic mass is 9.75. The van der Waals surface area contributed by atoms with Crippen LogP contribution in [0.15, 0.2) is 30.5 Å². The number of aromatic nitrogens is 3. The van der Waals surface area contributed by atoms with Gasteiger partial charge in [0.05, 0.1) is 25.3 Å². The Balaban J connectivity index is 1.37. The number of nitrogens with two attached hydrogens (primary N) is 1. The van der Waals surface area contributed by atoms with Gasteiger partial charge in [-0.05, 0) is 37.4 Å². The van der Waals surface area contributed by atoms with Crippen LogP contribution in [0.1, 0.15) is 12.8 Å². The van der Waals surface area contributed by atoms with Crippen LogP contribution in [0.5, 0.6) is 0 Å². The lowest BCUT2D eigenvalue weighted by Crippen LogP contribution is -2.58. The van der Waals surface area contributed by atoms with E-state index < -0.39 is 0 Å². The summed E-state index contributed by atoms with van der Waals surface area (Å²) in [6.45, 7) is 3.80. The van der Waals surface area contributed by atoms with Crippen molar-refractivity contribution in [2.24, 2.45) is 11.8 Å². The molecule has 5 rings (SSSR count). The van der Waals surface area contributed by atoms with Crippen molar-refractivity contribution in [3.05, 3.63) is 30.5 Å². The van der Waals surface area contributed by atoms with Gasteiger partial charge in [0.2, 0.25) is 5.91 Å². The summed E-state index contributed by atoms with van der Waals surface area (Å²) in [5.41, 5.74) is 8.40. The molecule has 0 radical (unpaired) electrons. The Morgan fingerprint density at radius 2 is 2.32 bits per heavy atom. The van der Waals surface area contributed by atoms with Crippen molar-refractivity contribution < 1.29 is 9.53 Å². The molecule has 3 fully saturated rings. The normalized spacial score (nSPS) is 26.3. The van der Waals surface area contributed by atoms with Crippen molar-refractivity contribution in [1.82, 2.24) is 25.2 Å². The third-order valence-corrected chi connectivity index (χ3v) is 5.94. The molecule has 4 unspecified atom stereocenters.